The Morgan fingerprint density at radius 1 is 1.10 bits per heavy atom. The van der Waals surface area contributed by atoms with E-state index >= 15 is 0 Å². The standard InChI is InChI=1S/C17H16Cl2O/c1-2-3-5-12-6-4-7-13(10-12)17(20)15-11-14(18)8-9-16(15)19/h4,6-11H,2-3,5H2,1H3. The Morgan fingerprint density at radius 3 is 2.65 bits per heavy atom. The number of aryl methyl sites for hydroxylation is 1. The van der Waals surface area contributed by atoms with E-state index in [-0.39, 0.29) is 5.78 Å². The molecule has 0 heterocycles. The molecular formula is C17H16Cl2O. The van der Waals surface area contributed by atoms with Crippen molar-refractivity contribution in [3.05, 3.63) is 69.2 Å². The largest absolute Gasteiger partial charge is 0.289 e. The van der Waals surface area contributed by atoms with Crippen LogP contribution >= 0.6 is 23.2 Å². The van der Waals surface area contributed by atoms with Gasteiger partial charge < -0.3 is 0 Å². The van der Waals surface area contributed by atoms with Gasteiger partial charge in [0.05, 0.1) is 5.02 Å². The van der Waals surface area contributed by atoms with Crippen molar-refractivity contribution in [2.75, 3.05) is 0 Å². The SMILES string of the molecule is CCCCc1cccc(C(=O)c2cc(Cl)ccc2Cl)c1. The molecule has 0 aliphatic rings. The number of halogens is 2. The van der Waals surface area contributed by atoms with Crippen LogP contribution in [0.4, 0.5) is 0 Å². The summed E-state index contributed by atoms with van der Waals surface area (Å²) in [5.41, 5.74) is 2.28. The fraction of sp³-hybridized carbons (Fsp3) is 0.235. The third-order valence-corrected chi connectivity index (χ3v) is 3.75. The number of ketones is 1. The van der Waals surface area contributed by atoms with E-state index in [1.165, 1.54) is 5.56 Å². The zero-order valence-electron chi connectivity index (χ0n) is 11.3. The number of hydrogen-bond donors (Lipinski definition) is 0. The molecule has 0 saturated heterocycles. The lowest BCUT2D eigenvalue weighted by Crippen LogP contribution is -2.03. The minimum atomic E-state index is -0.0872. The van der Waals surface area contributed by atoms with Crippen LogP contribution in [0.3, 0.4) is 0 Å². The quantitative estimate of drug-likeness (QED) is 0.660. The molecule has 0 fully saturated rings. The van der Waals surface area contributed by atoms with Crippen molar-refractivity contribution in [3.63, 3.8) is 0 Å². The Morgan fingerprint density at radius 2 is 1.90 bits per heavy atom. The van der Waals surface area contributed by atoms with E-state index in [1.54, 1.807) is 18.2 Å². The predicted octanol–water partition coefficient (Wildman–Crippen LogP) is 5.57. The smallest absolute Gasteiger partial charge is 0.194 e. The first-order valence-corrected chi connectivity index (χ1v) is 7.46. The van der Waals surface area contributed by atoms with Crippen LogP contribution in [0.5, 0.6) is 0 Å². The van der Waals surface area contributed by atoms with Gasteiger partial charge in [-0.15, -0.1) is 0 Å². The molecule has 0 aromatic heterocycles. The third kappa shape index (κ3) is 3.62. The predicted molar refractivity (Wildman–Crippen MR) is 84.9 cm³/mol. The highest BCUT2D eigenvalue weighted by molar-refractivity contribution is 6.36. The molecule has 0 saturated carbocycles. The molecule has 0 aliphatic carbocycles. The summed E-state index contributed by atoms with van der Waals surface area (Å²) in [7, 11) is 0. The van der Waals surface area contributed by atoms with Gasteiger partial charge in [-0.05, 0) is 42.7 Å². The second-order valence-electron chi connectivity index (χ2n) is 4.76. The van der Waals surface area contributed by atoms with Crippen molar-refractivity contribution in [3.8, 4) is 0 Å². The lowest BCUT2D eigenvalue weighted by atomic mass is 9.99. The maximum absolute atomic E-state index is 12.5. The minimum Gasteiger partial charge on any atom is -0.289 e. The van der Waals surface area contributed by atoms with Crippen molar-refractivity contribution in [2.24, 2.45) is 0 Å². The number of rotatable bonds is 5. The fourth-order valence-corrected chi connectivity index (χ4v) is 2.45. The molecule has 1 nitrogen and oxygen atoms in total. The second-order valence-corrected chi connectivity index (χ2v) is 5.60. The lowest BCUT2D eigenvalue weighted by molar-refractivity contribution is 0.103. The average Bonchev–Trinajstić information content (AvgIpc) is 2.47. The molecule has 0 amide bonds. The summed E-state index contributed by atoms with van der Waals surface area (Å²) in [5, 5.41) is 0.943. The fourth-order valence-electron chi connectivity index (χ4n) is 2.08. The monoisotopic (exact) mass is 306 g/mol. The van der Waals surface area contributed by atoms with Crippen molar-refractivity contribution in [1.29, 1.82) is 0 Å². The maximum atomic E-state index is 12.5. The van der Waals surface area contributed by atoms with Gasteiger partial charge in [0.25, 0.3) is 0 Å². The summed E-state index contributed by atoms with van der Waals surface area (Å²) >= 11 is 12.0. The first-order valence-electron chi connectivity index (χ1n) is 6.70. The van der Waals surface area contributed by atoms with Crippen LogP contribution in [-0.4, -0.2) is 5.78 Å². The van der Waals surface area contributed by atoms with Crippen LogP contribution in [-0.2, 0) is 6.42 Å². The molecule has 0 bridgehead atoms. The van der Waals surface area contributed by atoms with E-state index < -0.39 is 0 Å². The van der Waals surface area contributed by atoms with E-state index in [0.29, 0.717) is 21.2 Å². The zero-order valence-corrected chi connectivity index (χ0v) is 12.8. The van der Waals surface area contributed by atoms with E-state index in [0.717, 1.165) is 19.3 Å². The number of benzene rings is 2. The summed E-state index contributed by atoms with van der Waals surface area (Å²) in [6.07, 6.45) is 3.24. The molecule has 2 rings (SSSR count). The average molecular weight is 307 g/mol. The summed E-state index contributed by atoms with van der Waals surface area (Å²) in [5.74, 6) is -0.0872. The topological polar surface area (TPSA) is 17.1 Å². The molecule has 0 N–H and O–H groups in total. The molecule has 0 unspecified atom stereocenters. The van der Waals surface area contributed by atoms with Crippen molar-refractivity contribution in [2.45, 2.75) is 26.2 Å². The molecule has 20 heavy (non-hydrogen) atoms. The molecule has 2 aromatic rings. The number of carbonyl (C=O) groups excluding carboxylic acids is 1. The zero-order chi connectivity index (χ0) is 14.5. The molecule has 0 aliphatic heterocycles. The van der Waals surface area contributed by atoms with Crippen LogP contribution in [0, 0.1) is 0 Å². The van der Waals surface area contributed by atoms with E-state index in [4.69, 9.17) is 23.2 Å². The van der Waals surface area contributed by atoms with Gasteiger partial charge in [0.2, 0.25) is 0 Å². The van der Waals surface area contributed by atoms with Gasteiger partial charge in [0.1, 0.15) is 0 Å². The van der Waals surface area contributed by atoms with Gasteiger partial charge >= 0.3 is 0 Å². The first-order chi connectivity index (χ1) is 9.61. The molecule has 104 valence electrons. The highest BCUT2D eigenvalue weighted by Crippen LogP contribution is 2.24. The van der Waals surface area contributed by atoms with Crippen molar-refractivity contribution >= 4 is 29.0 Å². The summed E-state index contributed by atoms with van der Waals surface area (Å²) in [6, 6.07) is 12.7. The van der Waals surface area contributed by atoms with Gasteiger partial charge in [-0.2, -0.15) is 0 Å². The molecule has 0 atom stereocenters. The highest BCUT2D eigenvalue weighted by Gasteiger charge is 2.13. The number of hydrogen-bond acceptors (Lipinski definition) is 1. The van der Waals surface area contributed by atoms with Gasteiger partial charge in [-0.1, -0.05) is 54.7 Å². The van der Waals surface area contributed by atoms with Crippen LogP contribution in [0.1, 0.15) is 41.3 Å². The van der Waals surface area contributed by atoms with Gasteiger partial charge in [-0.3, -0.25) is 4.79 Å². The summed E-state index contributed by atoms with van der Waals surface area (Å²) < 4.78 is 0. The number of carbonyl (C=O) groups is 1. The second kappa shape index (κ2) is 6.92. The van der Waals surface area contributed by atoms with Crippen LogP contribution in [0.25, 0.3) is 0 Å². The first kappa shape index (κ1) is 15.1. The third-order valence-electron chi connectivity index (χ3n) is 3.18. The van der Waals surface area contributed by atoms with E-state index in [1.807, 2.05) is 24.3 Å². The Labute approximate surface area is 129 Å². The van der Waals surface area contributed by atoms with Crippen molar-refractivity contribution in [1.82, 2.24) is 0 Å². The Bertz CT molecular complexity index is 620. The summed E-state index contributed by atoms with van der Waals surface area (Å²) in [4.78, 5) is 12.5. The normalized spacial score (nSPS) is 10.6. The maximum Gasteiger partial charge on any atom is 0.194 e. The van der Waals surface area contributed by atoms with E-state index in [9.17, 15) is 4.79 Å². The van der Waals surface area contributed by atoms with Gasteiger partial charge in [-0.25, -0.2) is 0 Å². The Hall–Kier alpha value is -1.31. The molecule has 3 heteroatoms. The van der Waals surface area contributed by atoms with E-state index in [2.05, 4.69) is 6.92 Å². The van der Waals surface area contributed by atoms with Crippen LogP contribution < -0.4 is 0 Å². The molecule has 0 spiro atoms. The Kier molecular flexibility index (Phi) is 5.22. The molecule has 2 aromatic carbocycles. The van der Waals surface area contributed by atoms with Crippen LogP contribution in [0.2, 0.25) is 10.0 Å². The van der Waals surface area contributed by atoms with Crippen molar-refractivity contribution < 1.29 is 4.79 Å². The Balaban J connectivity index is 2.31. The summed E-state index contributed by atoms with van der Waals surface area (Å²) in [6.45, 7) is 2.15. The molecule has 0 radical (unpaired) electrons. The van der Waals surface area contributed by atoms with Gasteiger partial charge in [0, 0.05) is 16.1 Å². The van der Waals surface area contributed by atoms with Crippen LogP contribution in [0.15, 0.2) is 42.5 Å². The number of unbranched alkanes of at least 4 members (excludes halogenated alkanes) is 1. The van der Waals surface area contributed by atoms with Gasteiger partial charge in [0.15, 0.2) is 5.78 Å². The minimum absolute atomic E-state index is 0.0872. The molecular weight excluding hydrogens is 291 g/mol. The highest BCUT2D eigenvalue weighted by atomic mass is 35.5. The lowest BCUT2D eigenvalue weighted by Gasteiger charge is -2.06.